The van der Waals surface area contributed by atoms with Crippen molar-refractivity contribution < 1.29 is 35.9 Å². The van der Waals surface area contributed by atoms with Crippen LogP contribution in [0, 0.1) is 0 Å². The summed E-state index contributed by atoms with van der Waals surface area (Å²) in [6.45, 7) is 0.365. The third-order valence-electron chi connectivity index (χ3n) is 4.57. The van der Waals surface area contributed by atoms with Gasteiger partial charge in [-0.2, -0.15) is 0 Å². The standard InChI is InChI=1S/C19H20N2O8S2/c1-28-18(22)13-10-14(19(23)29-2)12-17(11-13)31(26,27)20-15-4-6-16(7-5-15)21-8-3-9-30(21,24)25/h4-7,10-12,20H,3,8-9H2,1-2H3. The van der Waals surface area contributed by atoms with Crippen molar-refractivity contribution in [1.29, 1.82) is 0 Å². The Morgan fingerprint density at radius 2 is 1.52 bits per heavy atom. The lowest BCUT2D eigenvalue weighted by Gasteiger charge is -2.17. The van der Waals surface area contributed by atoms with Crippen molar-refractivity contribution in [3.63, 3.8) is 0 Å². The van der Waals surface area contributed by atoms with Gasteiger partial charge in [-0.25, -0.2) is 26.4 Å². The average Bonchev–Trinajstić information content (AvgIpc) is 3.11. The van der Waals surface area contributed by atoms with Crippen LogP contribution in [0.5, 0.6) is 0 Å². The van der Waals surface area contributed by atoms with Crippen molar-refractivity contribution in [3.8, 4) is 0 Å². The third-order valence-corrected chi connectivity index (χ3v) is 7.80. The number of hydrogen-bond donors (Lipinski definition) is 1. The number of anilines is 2. The molecule has 0 amide bonds. The van der Waals surface area contributed by atoms with Gasteiger partial charge in [0.1, 0.15) is 0 Å². The molecule has 0 radical (unpaired) electrons. The molecule has 1 aliphatic heterocycles. The molecule has 1 N–H and O–H groups in total. The van der Waals surface area contributed by atoms with Crippen molar-refractivity contribution in [2.24, 2.45) is 0 Å². The van der Waals surface area contributed by atoms with E-state index in [1.54, 1.807) is 0 Å². The summed E-state index contributed by atoms with van der Waals surface area (Å²) in [7, 11) is -5.30. The van der Waals surface area contributed by atoms with Crippen LogP contribution in [0.15, 0.2) is 47.4 Å². The van der Waals surface area contributed by atoms with Crippen molar-refractivity contribution in [2.75, 3.05) is 35.5 Å². The summed E-state index contributed by atoms with van der Waals surface area (Å²) >= 11 is 0. The summed E-state index contributed by atoms with van der Waals surface area (Å²) in [5.74, 6) is -1.57. The van der Waals surface area contributed by atoms with Crippen LogP contribution in [0.25, 0.3) is 0 Å². The molecular formula is C19H20N2O8S2. The van der Waals surface area contributed by atoms with Crippen molar-refractivity contribution in [1.82, 2.24) is 0 Å². The summed E-state index contributed by atoms with van der Waals surface area (Å²) in [6, 6.07) is 9.15. The fraction of sp³-hybridized carbons (Fsp3) is 0.263. The maximum absolute atomic E-state index is 12.9. The van der Waals surface area contributed by atoms with Gasteiger partial charge in [-0.3, -0.25) is 9.03 Å². The molecule has 2 aromatic carbocycles. The molecule has 0 atom stereocenters. The van der Waals surface area contributed by atoms with Gasteiger partial charge >= 0.3 is 11.9 Å². The summed E-state index contributed by atoms with van der Waals surface area (Å²) in [5, 5.41) is 0. The maximum atomic E-state index is 12.9. The molecule has 1 aliphatic rings. The number of benzene rings is 2. The predicted molar refractivity (Wildman–Crippen MR) is 112 cm³/mol. The molecule has 12 heteroatoms. The lowest BCUT2D eigenvalue weighted by Crippen LogP contribution is -2.25. The molecule has 2 aromatic rings. The molecule has 10 nitrogen and oxygen atoms in total. The van der Waals surface area contributed by atoms with Crippen LogP contribution in [0.3, 0.4) is 0 Å². The van der Waals surface area contributed by atoms with Crippen LogP contribution < -0.4 is 9.03 Å². The minimum atomic E-state index is -4.19. The van der Waals surface area contributed by atoms with E-state index < -0.39 is 32.0 Å². The number of carbonyl (C=O) groups is 2. The lowest BCUT2D eigenvalue weighted by atomic mass is 10.1. The number of sulfonamides is 2. The molecule has 166 valence electrons. The molecule has 0 aliphatic carbocycles. The minimum Gasteiger partial charge on any atom is -0.465 e. The van der Waals surface area contributed by atoms with Crippen molar-refractivity contribution >= 4 is 43.4 Å². The molecule has 0 unspecified atom stereocenters. The lowest BCUT2D eigenvalue weighted by molar-refractivity contribution is 0.0598. The first-order chi connectivity index (χ1) is 14.6. The molecular weight excluding hydrogens is 448 g/mol. The van der Waals surface area contributed by atoms with Crippen LogP contribution in [0.4, 0.5) is 11.4 Å². The smallest absolute Gasteiger partial charge is 0.337 e. The molecule has 0 bridgehead atoms. The Bertz CT molecular complexity index is 1190. The second kappa shape index (κ2) is 8.55. The van der Waals surface area contributed by atoms with E-state index in [2.05, 4.69) is 14.2 Å². The number of rotatable bonds is 6. The van der Waals surface area contributed by atoms with E-state index in [9.17, 15) is 26.4 Å². The zero-order valence-electron chi connectivity index (χ0n) is 16.7. The molecule has 1 heterocycles. The first-order valence-electron chi connectivity index (χ1n) is 9.02. The van der Waals surface area contributed by atoms with E-state index in [-0.39, 0.29) is 27.5 Å². The van der Waals surface area contributed by atoms with Crippen molar-refractivity contribution in [2.45, 2.75) is 11.3 Å². The fourth-order valence-electron chi connectivity index (χ4n) is 3.06. The number of hydrogen-bond acceptors (Lipinski definition) is 8. The molecule has 0 saturated carbocycles. The van der Waals surface area contributed by atoms with Gasteiger partial charge in [0.15, 0.2) is 0 Å². The van der Waals surface area contributed by atoms with E-state index in [0.29, 0.717) is 18.7 Å². The highest BCUT2D eigenvalue weighted by Gasteiger charge is 2.28. The van der Waals surface area contributed by atoms with E-state index >= 15 is 0 Å². The van der Waals surface area contributed by atoms with Gasteiger partial charge in [0.05, 0.1) is 41.7 Å². The zero-order chi connectivity index (χ0) is 22.8. The second-order valence-electron chi connectivity index (χ2n) is 6.62. The van der Waals surface area contributed by atoms with Crippen LogP contribution in [0.2, 0.25) is 0 Å². The number of ether oxygens (including phenoxy) is 2. The Morgan fingerprint density at radius 1 is 0.968 bits per heavy atom. The average molecular weight is 469 g/mol. The molecule has 1 saturated heterocycles. The second-order valence-corrected chi connectivity index (χ2v) is 10.3. The molecule has 3 rings (SSSR count). The first-order valence-corrected chi connectivity index (χ1v) is 12.1. The normalized spacial score (nSPS) is 15.4. The highest BCUT2D eigenvalue weighted by atomic mass is 32.2. The van der Waals surface area contributed by atoms with Crippen molar-refractivity contribution in [3.05, 3.63) is 53.6 Å². The van der Waals surface area contributed by atoms with Crippen LogP contribution in [0.1, 0.15) is 27.1 Å². The van der Waals surface area contributed by atoms with Gasteiger partial charge in [0, 0.05) is 12.2 Å². The zero-order valence-corrected chi connectivity index (χ0v) is 18.3. The summed E-state index contributed by atoms with van der Waals surface area (Å²) in [5.41, 5.74) is 0.324. The molecule has 1 fully saturated rings. The van der Waals surface area contributed by atoms with Gasteiger partial charge in [0.25, 0.3) is 10.0 Å². The SMILES string of the molecule is COC(=O)c1cc(C(=O)OC)cc(S(=O)(=O)Nc2ccc(N3CCCS3(=O)=O)cc2)c1. The third kappa shape index (κ3) is 4.80. The van der Waals surface area contributed by atoms with E-state index in [0.717, 1.165) is 26.4 Å². The molecule has 0 aromatic heterocycles. The fourth-order valence-corrected chi connectivity index (χ4v) is 5.76. The highest BCUT2D eigenvalue weighted by molar-refractivity contribution is 7.93. The summed E-state index contributed by atoms with van der Waals surface area (Å²) < 4.78 is 62.6. The number of esters is 2. The van der Waals surface area contributed by atoms with Crippen LogP contribution in [-0.2, 0) is 29.5 Å². The number of nitrogens with one attached hydrogen (secondary N) is 1. The number of nitrogens with zero attached hydrogens (tertiary/aromatic N) is 1. The Hall–Kier alpha value is -3.12. The van der Waals surface area contributed by atoms with Gasteiger partial charge < -0.3 is 9.47 Å². The number of carbonyl (C=O) groups excluding carboxylic acids is 2. The minimum absolute atomic E-state index is 0.0699. The number of methoxy groups -OCH3 is 2. The molecule has 0 spiro atoms. The monoisotopic (exact) mass is 468 g/mol. The Balaban J connectivity index is 1.91. The summed E-state index contributed by atoms with van der Waals surface area (Å²) in [6.07, 6.45) is 0.524. The Morgan fingerprint density at radius 3 is 1.97 bits per heavy atom. The molecule has 31 heavy (non-hydrogen) atoms. The largest absolute Gasteiger partial charge is 0.465 e. The maximum Gasteiger partial charge on any atom is 0.337 e. The predicted octanol–water partition coefficient (Wildman–Crippen LogP) is 1.60. The quantitative estimate of drug-likeness (QED) is 0.632. The first kappa shape index (κ1) is 22.6. The topological polar surface area (TPSA) is 136 Å². The Kier molecular flexibility index (Phi) is 6.23. The van der Waals surface area contributed by atoms with Gasteiger partial charge in [-0.1, -0.05) is 0 Å². The van der Waals surface area contributed by atoms with Crippen LogP contribution >= 0.6 is 0 Å². The summed E-state index contributed by atoms with van der Waals surface area (Å²) in [4.78, 5) is 23.4. The van der Waals surface area contributed by atoms with Crippen LogP contribution in [-0.4, -0.2) is 55.3 Å². The van der Waals surface area contributed by atoms with Gasteiger partial charge in [-0.15, -0.1) is 0 Å². The Labute approximate surface area is 179 Å². The van der Waals surface area contributed by atoms with E-state index in [4.69, 9.17) is 0 Å². The highest BCUT2D eigenvalue weighted by Crippen LogP contribution is 2.26. The van der Waals surface area contributed by atoms with E-state index in [1.807, 2.05) is 0 Å². The van der Waals surface area contributed by atoms with Gasteiger partial charge in [0.2, 0.25) is 10.0 Å². The van der Waals surface area contributed by atoms with Gasteiger partial charge in [-0.05, 0) is 48.9 Å². The van der Waals surface area contributed by atoms with E-state index in [1.165, 1.54) is 34.6 Å².